The maximum Gasteiger partial charge on any atom is 0.240 e. The van der Waals surface area contributed by atoms with E-state index in [4.69, 9.17) is 0 Å². The normalized spacial score (nSPS) is 15.3. The van der Waals surface area contributed by atoms with E-state index in [0.717, 1.165) is 12.5 Å². The molecule has 1 saturated carbocycles. The first-order chi connectivity index (χ1) is 8.28. The van der Waals surface area contributed by atoms with E-state index in [1.807, 2.05) is 20.8 Å². The van der Waals surface area contributed by atoms with Gasteiger partial charge in [-0.1, -0.05) is 0 Å². The number of nitrogens with zero attached hydrogens (tertiary/aromatic N) is 1. The van der Waals surface area contributed by atoms with Gasteiger partial charge in [-0.2, -0.15) is 0 Å². The maximum absolute atomic E-state index is 11.7. The zero-order valence-electron chi connectivity index (χ0n) is 11.9. The Labute approximate surface area is 109 Å². The molecule has 18 heavy (non-hydrogen) atoms. The Bertz CT molecular complexity index is 306. The largest absolute Gasteiger partial charge is 0.350 e. The molecule has 0 aliphatic heterocycles. The molecule has 2 amide bonds. The van der Waals surface area contributed by atoms with Gasteiger partial charge in [0.1, 0.15) is 0 Å². The quantitative estimate of drug-likeness (QED) is 0.720. The Morgan fingerprint density at radius 3 is 2.39 bits per heavy atom. The zero-order valence-corrected chi connectivity index (χ0v) is 11.9. The van der Waals surface area contributed by atoms with Crippen molar-refractivity contribution in [2.24, 2.45) is 5.92 Å². The summed E-state index contributed by atoms with van der Waals surface area (Å²) in [7, 11) is 1.66. The summed E-state index contributed by atoms with van der Waals surface area (Å²) in [6.07, 6.45) is 2.54. The summed E-state index contributed by atoms with van der Waals surface area (Å²) in [5.74, 6) is 0.590. The minimum absolute atomic E-state index is 0.0419. The fourth-order valence-electron chi connectivity index (χ4n) is 1.60. The Balaban J connectivity index is 2.18. The van der Waals surface area contributed by atoms with Crippen molar-refractivity contribution in [3.8, 4) is 0 Å². The van der Waals surface area contributed by atoms with Gasteiger partial charge in [0.2, 0.25) is 11.8 Å². The monoisotopic (exact) mass is 255 g/mol. The number of carbonyl (C=O) groups excluding carboxylic acids is 2. The van der Waals surface area contributed by atoms with Crippen molar-refractivity contribution in [3.63, 3.8) is 0 Å². The predicted octanol–water partition coefficient (Wildman–Crippen LogP) is 0.359. The molecule has 104 valence electrons. The summed E-state index contributed by atoms with van der Waals surface area (Å²) in [5, 5.41) is 5.96. The lowest BCUT2D eigenvalue weighted by Gasteiger charge is -2.23. The molecule has 5 nitrogen and oxygen atoms in total. The summed E-state index contributed by atoms with van der Waals surface area (Å²) in [6, 6.07) is 0. The topological polar surface area (TPSA) is 61.4 Å². The van der Waals surface area contributed by atoms with Crippen molar-refractivity contribution in [2.45, 2.75) is 39.2 Å². The van der Waals surface area contributed by atoms with Gasteiger partial charge in [0.15, 0.2) is 0 Å². The summed E-state index contributed by atoms with van der Waals surface area (Å²) in [6.45, 7) is 7.10. The lowest BCUT2D eigenvalue weighted by atomic mass is 10.1. The van der Waals surface area contributed by atoms with E-state index in [9.17, 15) is 9.59 Å². The fourth-order valence-corrected chi connectivity index (χ4v) is 1.60. The van der Waals surface area contributed by atoms with Gasteiger partial charge < -0.3 is 15.5 Å². The van der Waals surface area contributed by atoms with Crippen LogP contribution in [0.1, 0.15) is 33.6 Å². The molecular weight excluding hydrogens is 230 g/mol. The molecule has 1 aliphatic carbocycles. The highest BCUT2D eigenvalue weighted by atomic mass is 16.2. The van der Waals surface area contributed by atoms with Crippen LogP contribution in [-0.4, -0.2) is 48.9 Å². The smallest absolute Gasteiger partial charge is 0.240 e. The van der Waals surface area contributed by atoms with Crippen molar-refractivity contribution in [2.75, 3.05) is 26.7 Å². The number of amides is 2. The van der Waals surface area contributed by atoms with E-state index in [0.29, 0.717) is 6.54 Å². The van der Waals surface area contributed by atoms with Crippen molar-refractivity contribution in [3.05, 3.63) is 0 Å². The second-order valence-corrected chi connectivity index (χ2v) is 6.12. The van der Waals surface area contributed by atoms with Crippen LogP contribution in [0.25, 0.3) is 0 Å². The third-order valence-electron chi connectivity index (χ3n) is 2.73. The highest BCUT2D eigenvalue weighted by Gasteiger charge is 2.21. The van der Waals surface area contributed by atoms with E-state index >= 15 is 0 Å². The van der Waals surface area contributed by atoms with Gasteiger partial charge in [0.25, 0.3) is 0 Å². The molecule has 2 N–H and O–H groups in total. The van der Waals surface area contributed by atoms with Crippen molar-refractivity contribution in [1.29, 1.82) is 0 Å². The van der Waals surface area contributed by atoms with Crippen LogP contribution in [0.3, 0.4) is 0 Å². The molecule has 0 aromatic rings. The average Bonchev–Trinajstić information content (AvgIpc) is 2.98. The van der Waals surface area contributed by atoms with E-state index in [1.54, 1.807) is 7.05 Å². The van der Waals surface area contributed by atoms with Gasteiger partial charge in [-0.3, -0.25) is 9.59 Å². The maximum atomic E-state index is 11.7. The minimum atomic E-state index is -0.259. The summed E-state index contributed by atoms with van der Waals surface area (Å²) < 4.78 is 0. The van der Waals surface area contributed by atoms with Crippen LogP contribution in [0.2, 0.25) is 0 Å². The standard InChI is InChI=1S/C13H25N3O2/c1-13(2,3)15-11(17)9-16(4)12(18)8-14-7-10-5-6-10/h10,14H,5-9H2,1-4H3,(H,15,17). The zero-order chi connectivity index (χ0) is 13.8. The molecule has 1 fully saturated rings. The second kappa shape index (κ2) is 6.18. The van der Waals surface area contributed by atoms with Crippen LogP contribution in [0.4, 0.5) is 0 Å². The Morgan fingerprint density at radius 1 is 1.28 bits per heavy atom. The molecule has 0 radical (unpaired) electrons. The van der Waals surface area contributed by atoms with E-state index in [2.05, 4.69) is 10.6 Å². The SMILES string of the molecule is CN(CC(=O)NC(C)(C)C)C(=O)CNCC1CC1. The molecule has 0 heterocycles. The first-order valence-electron chi connectivity index (χ1n) is 6.53. The highest BCUT2D eigenvalue weighted by molar-refractivity contribution is 5.85. The van der Waals surface area contributed by atoms with Gasteiger partial charge in [-0.15, -0.1) is 0 Å². The lowest BCUT2D eigenvalue weighted by Crippen LogP contribution is -2.47. The molecule has 0 spiro atoms. The van der Waals surface area contributed by atoms with Crippen LogP contribution in [-0.2, 0) is 9.59 Å². The number of rotatable bonds is 6. The molecule has 5 heteroatoms. The van der Waals surface area contributed by atoms with Crippen molar-refractivity contribution < 1.29 is 9.59 Å². The van der Waals surface area contributed by atoms with Crippen molar-refractivity contribution >= 4 is 11.8 Å². The summed E-state index contributed by atoms with van der Waals surface area (Å²) in [4.78, 5) is 24.8. The van der Waals surface area contributed by atoms with E-state index in [1.165, 1.54) is 17.7 Å². The predicted molar refractivity (Wildman–Crippen MR) is 71.1 cm³/mol. The number of hydrogen-bond donors (Lipinski definition) is 2. The van der Waals surface area contributed by atoms with Crippen LogP contribution >= 0.6 is 0 Å². The number of nitrogens with one attached hydrogen (secondary N) is 2. The molecular formula is C13H25N3O2. The lowest BCUT2D eigenvalue weighted by molar-refractivity contribution is -0.134. The summed E-state index contributed by atoms with van der Waals surface area (Å²) >= 11 is 0. The van der Waals surface area contributed by atoms with Crippen LogP contribution < -0.4 is 10.6 Å². The molecule has 1 rings (SSSR count). The first kappa shape index (κ1) is 15.0. The molecule has 0 aromatic carbocycles. The second-order valence-electron chi connectivity index (χ2n) is 6.12. The molecule has 0 aromatic heterocycles. The van der Waals surface area contributed by atoms with Gasteiger partial charge in [-0.05, 0) is 46.1 Å². The molecule has 1 aliphatic rings. The van der Waals surface area contributed by atoms with Gasteiger partial charge in [0, 0.05) is 12.6 Å². The van der Waals surface area contributed by atoms with Crippen LogP contribution in [0.5, 0.6) is 0 Å². The third-order valence-corrected chi connectivity index (χ3v) is 2.73. The fraction of sp³-hybridized carbons (Fsp3) is 0.846. The molecule has 0 bridgehead atoms. The van der Waals surface area contributed by atoms with Crippen LogP contribution in [0, 0.1) is 5.92 Å². The number of carbonyl (C=O) groups is 2. The van der Waals surface area contributed by atoms with Gasteiger partial charge in [0.05, 0.1) is 13.1 Å². The molecule has 0 atom stereocenters. The third kappa shape index (κ3) is 6.59. The van der Waals surface area contributed by atoms with Gasteiger partial charge in [-0.25, -0.2) is 0 Å². The summed E-state index contributed by atoms with van der Waals surface area (Å²) in [5.41, 5.74) is -0.259. The van der Waals surface area contributed by atoms with Crippen molar-refractivity contribution in [1.82, 2.24) is 15.5 Å². The highest BCUT2D eigenvalue weighted by Crippen LogP contribution is 2.27. The number of hydrogen-bond acceptors (Lipinski definition) is 3. The first-order valence-corrected chi connectivity index (χ1v) is 6.53. The van der Waals surface area contributed by atoms with E-state index in [-0.39, 0.29) is 23.9 Å². The minimum Gasteiger partial charge on any atom is -0.350 e. The number of likely N-dealkylation sites (N-methyl/N-ethyl adjacent to an activating group) is 1. The van der Waals surface area contributed by atoms with Crippen LogP contribution in [0.15, 0.2) is 0 Å². The Kier molecular flexibility index (Phi) is 5.14. The molecule has 0 unspecified atom stereocenters. The Morgan fingerprint density at radius 2 is 1.89 bits per heavy atom. The average molecular weight is 255 g/mol. The molecule has 0 saturated heterocycles. The Hall–Kier alpha value is -1.10. The van der Waals surface area contributed by atoms with E-state index < -0.39 is 0 Å². The van der Waals surface area contributed by atoms with Gasteiger partial charge >= 0.3 is 0 Å².